The topological polar surface area (TPSA) is 90.5 Å². The third-order valence-corrected chi connectivity index (χ3v) is 5.96. The van der Waals surface area contributed by atoms with Crippen molar-refractivity contribution in [2.75, 3.05) is 6.54 Å². The molecule has 0 radical (unpaired) electrons. The minimum atomic E-state index is -0.689. The fraction of sp³-hybridized carbons (Fsp3) is 0.417. The second-order valence-electron chi connectivity index (χ2n) is 8.27. The molecule has 6 nitrogen and oxygen atoms in total. The van der Waals surface area contributed by atoms with Gasteiger partial charge in [0.15, 0.2) is 0 Å². The Kier molecular flexibility index (Phi) is 9.82. The van der Waals surface area contributed by atoms with E-state index in [1.807, 2.05) is 18.2 Å². The zero-order valence-electron chi connectivity index (χ0n) is 18.4. The maximum atomic E-state index is 12.7. The van der Waals surface area contributed by atoms with E-state index in [1.165, 1.54) is 5.56 Å². The molecule has 0 aliphatic carbocycles. The Labute approximate surface area is 200 Å². The summed E-state index contributed by atoms with van der Waals surface area (Å²) in [6.07, 6.45) is 2.72. The van der Waals surface area contributed by atoms with E-state index in [4.69, 9.17) is 11.6 Å². The predicted molar refractivity (Wildman–Crippen MR) is 129 cm³/mol. The molecule has 0 bridgehead atoms. The van der Waals surface area contributed by atoms with Crippen LogP contribution in [0.25, 0.3) is 0 Å². The summed E-state index contributed by atoms with van der Waals surface area (Å²) in [7, 11) is 0. The minimum Gasteiger partial charge on any atom is -0.507 e. The molecule has 2 aromatic carbocycles. The molecule has 1 aliphatic heterocycles. The summed E-state index contributed by atoms with van der Waals surface area (Å²) < 4.78 is 0. The van der Waals surface area contributed by atoms with Gasteiger partial charge in [0.25, 0.3) is 0 Å². The van der Waals surface area contributed by atoms with Crippen LogP contribution >= 0.6 is 24.0 Å². The van der Waals surface area contributed by atoms with E-state index >= 15 is 0 Å². The van der Waals surface area contributed by atoms with E-state index in [0.717, 1.165) is 25.8 Å². The van der Waals surface area contributed by atoms with Crippen LogP contribution in [0, 0.1) is 12.8 Å². The van der Waals surface area contributed by atoms with Crippen molar-refractivity contribution in [1.82, 2.24) is 16.0 Å². The van der Waals surface area contributed by atoms with Gasteiger partial charge in [-0.25, -0.2) is 0 Å². The highest BCUT2D eigenvalue weighted by Crippen LogP contribution is 2.26. The highest BCUT2D eigenvalue weighted by Gasteiger charge is 2.28. The van der Waals surface area contributed by atoms with Crippen molar-refractivity contribution in [3.63, 3.8) is 0 Å². The van der Waals surface area contributed by atoms with Gasteiger partial charge in [-0.1, -0.05) is 41.9 Å². The summed E-state index contributed by atoms with van der Waals surface area (Å²) in [5, 5.41) is 19.4. The van der Waals surface area contributed by atoms with Crippen molar-refractivity contribution >= 4 is 35.8 Å². The van der Waals surface area contributed by atoms with Crippen LogP contribution < -0.4 is 16.0 Å². The summed E-state index contributed by atoms with van der Waals surface area (Å²) in [6.45, 7) is 4.31. The van der Waals surface area contributed by atoms with Crippen LogP contribution in [-0.4, -0.2) is 35.5 Å². The van der Waals surface area contributed by atoms with Gasteiger partial charge in [-0.2, -0.15) is 0 Å². The molecule has 8 heteroatoms. The van der Waals surface area contributed by atoms with Crippen LogP contribution in [0.1, 0.15) is 36.5 Å². The fourth-order valence-corrected chi connectivity index (χ4v) is 4.28. The molecule has 2 aromatic rings. The molecule has 1 aliphatic rings. The molecule has 3 rings (SSSR count). The highest BCUT2D eigenvalue weighted by atomic mass is 35.5. The number of hydrogen-bond donors (Lipinski definition) is 4. The van der Waals surface area contributed by atoms with Gasteiger partial charge in [0.05, 0.1) is 6.04 Å². The summed E-state index contributed by atoms with van der Waals surface area (Å²) in [4.78, 5) is 25.2. The number of phenolic OH excluding ortho intramolecular Hbond substituents is 1. The summed E-state index contributed by atoms with van der Waals surface area (Å²) in [5.41, 5.74) is 2.46. The number of halogens is 2. The first-order valence-electron chi connectivity index (χ1n) is 10.7. The van der Waals surface area contributed by atoms with Crippen molar-refractivity contribution in [1.29, 1.82) is 0 Å². The van der Waals surface area contributed by atoms with Gasteiger partial charge in [-0.05, 0) is 68.8 Å². The molecule has 0 aromatic heterocycles. The maximum absolute atomic E-state index is 12.7. The van der Waals surface area contributed by atoms with E-state index < -0.39 is 6.04 Å². The monoisotopic (exact) mass is 479 g/mol. The molecule has 174 valence electrons. The van der Waals surface area contributed by atoms with E-state index in [2.05, 4.69) is 28.1 Å². The molecule has 0 saturated carbocycles. The lowest BCUT2D eigenvalue weighted by atomic mass is 9.87. The standard InChI is InChI=1S/C24H30ClN3O3.ClH/c1-15-10-20(25)13-19(22(15)29)14-27-23(30)16(2)28-24(31)21-12-18(8-9-26-21)11-17-6-4-3-5-7-17;/h3-7,10,13,16,18,21,26,29H,8-9,11-12,14H2,1-2H3,(H,27,30)(H,28,31);1H/t16-,18+,21+;/m0./s1. The second kappa shape index (κ2) is 12.1. The normalized spacial score (nSPS) is 18.8. The van der Waals surface area contributed by atoms with Crippen LogP contribution in [0.3, 0.4) is 0 Å². The number of benzene rings is 2. The summed E-state index contributed by atoms with van der Waals surface area (Å²) in [6, 6.07) is 12.6. The van der Waals surface area contributed by atoms with Crippen LogP contribution in [-0.2, 0) is 22.6 Å². The molecular weight excluding hydrogens is 449 g/mol. The zero-order chi connectivity index (χ0) is 22.4. The number of phenols is 1. The molecule has 1 fully saturated rings. The number of aryl methyl sites for hydroxylation is 1. The molecule has 4 N–H and O–H groups in total. The predicted octanol–water partition coefficient (Wildman–Crippen LogP) is 3.51. The molecule has 0 spiro atoms. The zero-order valence-corrected chi connectivity index (χ0v) is 19.9. The number of amides is 2. The number of nitrogens with one attached hydrogen (secondary N) is 3. The quantitative estimate of drug-likeness (QED) is 0.488. The second-order valence-corrected chi connectivity index (χ2v) is 8.70. The SMILES string of the molecule is Cc1cc(Cl)cc(CNC(=O)[C@H](C)NC(=O)[C@H]2C[C@@H](Cc3ccccc3)CCN2)c1O.Cl. The van der Waals surface area contributed by atoms with E-state index in [0.29, 0.717) is 22.1 Å². The van der Waals surface area contributed by atoms with Gasteiger partial charge < -0.3 is 21.1 Å². The largest absolute Gasteiger partial charge is 0.507 e. The highest BCUT2D eigenvalue weighted by molar-refractivity contribution is 6.30. The van der Waals surface area contributed by atoms with Gasteiger partial charge in [0.2, 0.25) is 11.8 Å². The minimum absolute atomic E-state index is 0. The van der Waals surface area contributed by atoms with E-state index in [-0.39, 0.29) is 42.6 Å². The molecule has 1 saturated heterocycles. The summed E-state index contributed by atoms with van der Waals surface area (Å²) >= 11 is 6.03. The Morgan fingerprint density at radius 2 is 1.97 bits per heavy atom. The van der Waals surface area contributed by atoms with Crippen molar-refractivity contribution in [3.8, 4) is 5.75 Å². The van der Waals surface area contributed by atoms with E-state index in [9.17, 15) is 14.7 Å². The number of aromatic hydroxyl groups is 1. The third kappa shape index (κ3) is 7.12. The van der Waals surface area contributed by atoms with Crippen molar-refractivity contribution in [2.45, 2.75) is 51.7 Å². The maximum Gasteiger partial charge on any atom is 0.242 e. The molecule has 0 unspecified atom stereocenters. The van der Waals surface area contributed by atoms with Gasteiger partial charge in [0, 0.05) is 17.1 Å². The van der Waals surface area contributed by atoms with Crippen molar-refractivity contribution in [3.05, 3.63) is 64.2 Å². The first-order valence-corrected chi connectivity index (χ1v) is 11.0. The van der Waals surface area contributed by atoms with Crippen molar-refractivity contribution < 1.29 is 14.7 Å². The molecule has 1 heterocycles. The van der Waals surface area contributed by atoms with Crippen LogP contribution in [0.2, 0.25) is 5.02 Å². The Bertz CT molecular complexity index is 924. The van der Waals surface area contributed by atoms with Crippen molar-refractivity contribution in [2.24, 2.45) is 5.92 Å². The third-order valence-electron chi connectivity index (χ3n) is 5.75. The number of carbonyl (C=O) groups excluding carboxylic acids is 2. The van der Waals surface area contributed by atoms with Crippen LogP contribution in [0.4, 0.5) is 0 Å². The van der Waals surface area contributed by atoms with Gasteiger partial charge in [-0.3, -0.25) is 9.59 Å². The molecular formula is C24H31Cl2N3O3. The molecule has 2 amide bonds. The lowest BCUT2D eigenvalue weighted by Crippen LogP contribution is -2.53. The van der Waals surface area contributed by atoms with Crippen LogP contribution in [0.15, 0.2) is 42.5 Å². The molecule has 32 heavy (non-hydrogen) atoms. The Hall–Kier alpha value is -2.28. The van der Waals surface area contributed by atoms with Gasteiger partial charge >= 0.3 is 0 Å². The number of rotatable bonds is 7. The number of piperidine rings is 1. The first-order chi connectivity index (χ1) is 14.8. The first kappa shape index (κ1) is 26.0. The van der Waals surface area contributed by atoms with Gasteiger partial charge in [-0.15, -0.1) is 12.4 Å². The van der Waals surface area contributed by atoms with Gasteiger partial charge in [0.1, 0.15) is 11.8 Å². The number of hydrogen-bond acceptors (Lipinski definition) is 4. The fourth-order valence-electron chi connectivity index (χ4n) is 3.98. The van der Waals surface area contributed by atoms with Crippen LogP contribution in [0.5, 0.6) is 5.75 Å². The molecule has 3 atom stereocenters. The summed E-state index contributed by atoms with van der Waals surface area (Å²) in [5.74, 6) is 0.0544. The lowest BCUT2D eigenvalue weighted by Gasteiger charge is -2.30. The Morgan fingerprint density at radius 1 is 1.25 bits per heavy atom. The average molecular weight is 480 g/mol. The Balaban J connectivity index is 0.00000363. The smallest absolute Gasteiger partial charge is 0.242 e. The van der Waals surface area contributed by atoms with E-state index in [1.54, 1.807) is 26.0 Å². The Morgan fingerprint density at radius 3 is 2.69 bits per heavy atom. The number of carbonyl (C=O) groups is 2. The average Bonchev–Trinajstić information content (AvgIpc) is 2.75. The lowest BCUT2D eigenvalue weighted by molar-refractivity contribution is -0.130.